The van der Waals surface area contributed by atoms with Crippen LogP contribution >= 0.6 is 0 Å². The van der Waals surface area contributed by atoms with Gasteiger partial charge < -0.3 is 10.1 Å². The van der Waals surface area contributed by atoms with Crippen LogP contribution in [0.25, 0.3) is 0 Å². The molecule has 1 aromatic carbocycles. The van der Waals surface area contributed by atoms with Gasteiger partial charge in [-0.1, -0.05) is 45.0 Å². The van der Waals surface area contributed by atoms with Crippen molar-refractivity contribution in [2.24, 2.45) is 5.41 Å². The average Bonchev–Trinajstić information content (AvgIpc) is 2.23. The van der Waals surface area contributed by atoms with Gasteiger partial charge in [-0.3, -0.25) is 0 Å². The number of ether oxygens (including phenoxy) is 1. The van der Waals surface area contributed by atoms with Gasteiger partial charge in [-0.05, 0) is 43.7 Å². The fourth-order valence-electron chi connectivity index (χ4n) is 1.88. The van der Waals surface area contributed by atoms with Gasteiger partial charge in [0.25, 0.3) is 0 Å². The standard InChI is InChI=1S/C17H27NO2/c1-16(2,3)11-13-7-9-14(10-8-13)12-18-15(19)20-17(4,5)6/h7-10H,11-12H2,1-6H3,(H,18,19). The highest BCUT2D eigenvalue weighted by molar-refractivity contribution is 5.67. The average molecular weight is 277 g/mol. The van der Waals surface area contributed by atoms with Crippen LogP contribution in [-0.4, -0.2) is 11.7 Å². The van der Waals surface area contributed by atoms with Crippen molar-refractivity contribution in [2.45, 2.75) is 60.1 Å². The highest BCUT2D eigenvalue weighted by Gasteiger charge is 2.15. The molecule has 1 N–H and O–H groups in total. The quantitative estimate of drug-likeness (QED) is 0.894. The van der Waals surface area contributed by atoms with E-state index >= 15 is 0 Å². The summed E-state index contributed by atoms with van der Waals surface area (Å²) < 4.78 is 5.20. The molecule has 20 heavy (non-hydrogen) atoms. The normalized spacial score (nSPS) is 12.1. The first-order valence-corrected chi connectivity index (χ1v) is 7.10. The fourth-order valence-corrected chi connectivity index (χ4v) is 1.88. The molecule has 1 amide bonds. The molecule has 0 saturated heterocycles. The van der Waals surface area contributed by atoms with E-state index in [9.17, 15) is 4.79 Å². The molecule has 0 aromatic heterocycles. The Hall–Kier alpha value is -1.51. The Balaban J connectivity index is 2.48. The molecule has 3 heteroatoms. The van der Waals surface area contributed by atoms with Gasteiger partial charge in [0.05, 0.1) is 0 Å². The first-order chi connectivity index (χ1) is 9.05. The Morgan fingerprint density at radius 3 is 1.95 bits per heavy atom. The molecule has 0 aliphatic rings. The SMILES string of the molecule is CC(C)(C)Cc1ccc(CNC(=O)OC(C)(C)C)cc1. The minimum atomic E-state index is -0.458. The smallest absolute Gasteiger partial charge is 0.407 e. The van der Waals surface area contributed by atoms with E-state index in [1.165, 1.54) is 5.56 Å². The van der Waals surface area contributed by atoms with Crippen LogP contribution in [0.15, 0.2) is 24.3 Å². The first-order valence-electron chi connectivity index (χ1n) is 7.10. The molecule has 0 aliphatic heterocycles. The molecule has 0 fully saturated rings. The lowest BCUT2D eigenvalue weighted by Gasteiger charge is -2.20. The number of alkyl carbamates (subject to hydrolysis) is 1. The van der Waals surface area contributed by atoms with Gasteiger partial charge in [0.1, 0.15) is 5.60 Å². The second-order valence-electron chi connectivity index (χ2n) is 7.41. The summed E-state index contributed by atoms with van der Waals surface area (Å²) in [5.74, 6) is 0. The molecule has 0 radical (unpaired) electrons. The number of hydrogen-bond donors (Lipinski definition) is 1. The largest absolute Gasteiger partial charge is 0.444 e. The summed E-state index contributed by atoms with van der Waals surface area (Å²) in [5.41, 5.74) is 2.23. The third-order valence-corrected chi connectivity index (χ3v) is 2.59. The predicted molar refractivity (Wildman–Crippen MR) is 82.7 cm³/mol. The van der Waals surface area contributed by atoms with Crippen LogP contribution in [0.1, 0.15) is 52.7 Å². The van der Waals surface area contributed by atoms with Gasteiger partial charge in [0.2, 0.25) is 0 Å². The summed E-state index contributed by atoms with van der Waals surface area (Å²) in [6.07, 6.45) is 0.670. The minimum Gasteiger partial charge on any atom is -0.444 e. The number of hydrogen-bond acceptors (Lipinski definition) is 2. The third-order valence-electron chi connectivity index (χ3n) is 2.59. The van der Waals surface area contributed by atoms with E-state index in [-0.39, 0.29) is 11.5 Å². The zero-order valence-corrected chi connectivity index (χ0v) is 13.5. The number of carbonyl (C=O) groups excluding carboxylic acids is 1. The van der Waals surface area contributed by atoms with Crippen LogP contribution in [-0.2, 0) is 17.7 Å². The maximum atomic E-state index is 11.6. The number of amides is 1. The lowest BCUT2D eigenvalue weighted by molar-refractivity contribution is 0.0523. The van der Waals surface area contributed by atoms with Crippen molar-refractivity contribution in [1.29, 1.82) is 0 Å². The van der Waals surface area contributed by atoms with E-state index in [0.29, 0.717) is 6.54 Å². The molecule has 3 nitrogen and oxygen atoms in total. The van der Waals surface area contributed by atoms with Crippen LogP contribution < -0.4 is 5.32 Å². The molecule has 0 unspecified atom stereocenters. The summed E-state index contributed by atoms with van der Waals surface area (Å²) in [7, 11) is 0. The summed E-state index contributed by atoms with van der Waals surface area (Å²) in [6, 6.07) is 8.35. The van der Waals surface area contributed by atoms with Crippen molar-refractivity contribution in [3.05, 3.63) is 35.4 Å². The molecule has 0 saturated carbocycles. The molecular weight excluding hydrogens is 250 g/mol. The van der Waals surface area contributed by atoms with Crippen LogP contribution in [0.4, 0.5) is 4.79 Å². The zero-order chi connectivity index (χ0) is 15.4. The van der Waals surface area contributed by atoms with Crippen LogP contribution in [0.2, 0.25) is 0 Å². The van der Waals surface area contributed by atoms with Crippen LogP contribution in [0, 0.1) is 5.41 Å². The molecular formula is C17H27NO2. The topological polar surface area (TPSA) is 38.3 Å². The van der Waals surface area contributed by atoms with Crippen molar-refractivity contribution in [3.63, 3.8) is 0 Å². The van der Waals surface area contributed by atoms with Crippen LogP contribution in [0.3, 0.4) is 0 Å². The monoisotopic (exact) mass is 277 g/mol. The molecule has 0 bridgehead atoms. The Bertz CT molecular complexity index is 436. The van der Waals surface area contributed by atoms with Gasteiger partial charge in [-0.15, -0.1) is 0 Å². The third kappa shape index (κ3) is 7.17. The molecule has 1 rings (SSSR count). The van der Waals surface area contributed by atoms with Crippen LogP contribution in [0.5, 0.6) is 0 Å². The number of nitrogens with one attached hydrogen (secondary N) is 1. The Morgan fingerprint density at radius 1 is 1.00 bits per heavy atom. The van der Waals surface area contributed by atoms with E-state index < -0.39 is 5.60 Å². The van der Waals surface area contributed by atoms with Crippen molar-refractivity contribution < 1.29 is 9.53 Å². The number of carbonyl (C=O) groups is 1. The highest BCUT2D eigenvalue weighted by atomic mass is 16.6. The number of rotatable bonds is 3. The fraction of sp³-hybridized carbons (Fsp3) is 0.588. The predicted octanol–water partition coefficient (Wildman–Crippen LogP) is 4.30. The molecule has 0 aliphatic carbocycles. The molecule has 0 heterocycles. The van der Waals surface area contributed by atoms with Crippen molar-refractivity contribution >= 4 is 6.09 Å². The maximum absolute atomic E-state index is 11.6. The minimum absolute atomic E-state index is 0.288. The van der Waals surface area contributed by atoms with Gasteiger partial charge in [-0.2, -0.15) is 0 Å². The maximum Gasteiger partial charge on any atom is 0.407 e. The molecule has 1 aromatic rings. The Morgan fingerprint density at radius 2 is 1.50 bits per heavy atom. The molecule has 0 spiro atoms. The van der Waals surface area contributed by atoms with Gasteiger partial charge in [-0.25, -0.2) is 4.79 Å². The summed E-state index contributed by atoms with van der Waals surface area (Å²) >= 11 is 0. The highest BCUT2D eigenvalue weighted by Crippen LogP contribution is 2.20. The van der Waals surface area contributed by atoms with E-state index in [1.54, 1.807) is 0 Å². The van der Waals surface area contributed by atoms with Gasteiger partial charge >= 0.3 is 6.09 Å². The van der Waals surface area contributed by atoms with E-state index in [2.05, 4.69) is 50.4 Å². The lowest BCUT2D eigenvalue weighted by atomic mass is 9.88. The van der Waals surface area contributed by atoms with E-state index in [0.717, 1.165) is 12.0 Å². The Labute approximate surface area is 122 Å². The van der Waals surface area contributed by atoms with Crippen molar-refractivity contribution in [2.75, 3.05) is 0 Å². The van der Waals surface area contributed by atoms with E-state index in [4.69, 9.17) is 4.74 Å². The summed E-state index contributed by atoms with van der Waals surface area (Å²) in [4.78, 5) is 11.6. The Kier molecular flexibility index (Phi) is 5.21. The summed E-state index contributed by atoms with van der Waals surface area (Å²) in [5, 5.41) is 2.76. The zero-order valence-electron chi connectivity index (χ0n) is 13.5. The molecule has 112 valence electrons. The molecule has 0 atom stereocenters. The second kappa shape index (κ2) is 6.29. The number of benzene rings is 1. The summed E-state index contributed by atoms with van der Waals surface area (Å²) in [6.45, 7) is 12.7. The first kappa shape index (κ1) is 16.5. The van der Waals surface area contributed by atoms with Gasteiger partial charge in [0.15, 0.2) is 0 Å². The van der Waals surface area contributed by atoms with Crippen molar-refractivity contribution in [1.82, 2.24) is 5.32 Å². The van der Waals surface area contributed by atoms with Gasteiger partial charge in [0, 0.05) is 6.54 Å². The lowest BCUT2D eigenvalue weighted by Crippen LogP contribution is -2.32. The van der Waals surface area contributed by atoms with E-state index in [1.807, 2.05) is 20.8 Å². The second-order valence-corrected chi connectivity index (χ2v) is 7.41. The van der Waals surface area contributed by atoms with Crippen molar-refractivity contribution in [3.8, 4) is 0 Å².